The van der Waals surface area contributed by atoms with E-state index in [-0.39, 0.29) is 0 Å². The number of ether oxygens (including phenoxy) is 2. The van der Waals surface area contributed by atoms with Crippen molar-refractivity contribution in [2.45, 2.75) is 13.8 Å². The van der Waals surface area contributed by atoms with Crippen molar-refractivity contribution in [1.29, 1.82) is 0 Å². The predicted molar refractivity (Wildman–Crippen MR) is 132 cm³/mol. The summed E-state index contributed by atoms with van der Waals surface area (Å²) in [7, 11) is 3.34. The quantitative estimate of drug-likeness (QED) is 0.342. The molecule has 0 saturated carbocycles. The van der Waals surface area contributed by atoms with E-state index in [1.807, 2.05) is 66.9 Å². The minimum Gasteiger partial charge on any atom is -0.497 e. The van der Waals surface area contributed by atoms with Gasteiger partial charge < -0.3 is 14.8 Å². The Morgan fingerprint density at radius 3 is 2.64 bits per heavy atom. The van der Waals surface area contributed by atoms with Crippen LogP contribution in [0, 0.1) is 13.8 Å². The first-order chi connectivity index (χ1) is 16.1. The molecule has 3 heterocycles. The van der Waals surface area contributed by atoms with Crippen molar-refractivity contribution >= 4 is 28.4 Å². The van der Waals surface area contributed by atoms with Gasteiger partial charge in [0.1, 0.15) is 23.5 Å². The Labute approximate surface area is 195 Å². The molecule has 0 aliphatic rings. The Hall–Kier alpha value is -3.91. The van der Waals surface area contributed by atoms with Crippen LogP contribution in [0.4, 0.5) is 11.4 Å². The molecule has 0 fully saturated rings. The molecule has 5 rings (SSSR count). The molecule has 0 atom stereocenters. The fraction of sp³-hybridized carbons (Fsp3) is 0.160. The zero-order valence-electron chi connectivity index (χ0n) is 18.8. The number of hydrogen-bond acceptors (Lipinski definition) is 7. The number of thiazole rings is 1. The first kappa shape index (κ1) is 21.0. The van der Waals surface area contributed by atoms with E-state index in [1.54, 1.807) is 38.1 Å². The van der Waals surface area contributed by atoms with E-state index in [2.05, 4.69) is 15.3 Å². The maximum atomic E-state index is 5.67. The number of methoxy groups -OCH3 is 2. The molecule has 7 nitrogen and oxygen atoms in total. The van der Waals surface area contributed by atoms with Crippen LogP contribution in [0.3, 0.4) is 0 Å². The number of aryl methyl sites for hydroxylation is 2. The highest BCUT2D eigenvalue weighted by molar-refractivity contribution is 7.15. The standard InChI is InChI=1S/C25H23N5O2S/c1-15-24(17-6-5-7-19(10-17)31-3)29-25-21(12-26-14-30(15)25)28-18-8-9-20(22(11-18)32-4)23-13-27-16(2)33-23/h5-14,28H,1-4H3. The fourth-order valence-corrected chi connectivity index (χ4v) is 4.63. The average molecular weight is 458 g/mol. The molecule has 2 aromatic carbocycles. The van der Waals surface area contributed by atoms with E-state index in [4.69, 9.17) is 14.5 Å². The summed E-state index contributed by atoms with van der Waals surface area (Å²) in [4.78, 5) is 14.8. The average Bonchev–Trinajstić information content (AvgIpc) is 3.43. The van der Waals surface area contributed by atoms with E-state index in [0.717, 1.165) is 60.9 Å². The van der Waals surface area contributed by atoms with Crippen molar-refractivity contribution in [3.05, 3.63) is 71.9 Å². The first-order valence-corrected chi connectivity index (χ1v) is 11.2. The largest absolute Gasteiger partial charge is 0.497 e. The van der Waals surface area contributed by atoms with Gasteiger partial charge in [-0.15, -0.1) is 11.3 Å². The number of fused-ring (bicyclic) bond motifs is 1. The number of hydrogen-bond donors (Lipinski definition) is 1. The van der Waals surface area contributed by atoms with Gasteiger partial charge in [-0.05, 0) is 38.1 Å². The van der Waals surface area contributed by atoms with Gasteiger partial charge in [0.05, 0.1) is 36.0 Å². The molecule has 0 bridgehead atoms. The molecule has 3 aromatic heterocycles. The molecule has 0 unspecified atom stereocenters. The topological polar surface area (TPSA) is 73.6 Å². The summed E-state index contributed by atoms with van der Waals surface area (Å²) in [6.07, 6.45) is 5.44. The van der Waals surface area contributed by atoms with Crippen LogP contribution in [-0.2, 0) is 0 Å². The van der Waals surface area contributed by atoms with Gasteiger partial charge in [-0.25, -0.2) is 15.0 Å². The molecule has 0 amide bonds. The normalized spacial score (nSPS) is 11.0. The summed E-state index contributed by atoms with van der Waals surface area (Å²) >= 11 is 1.64. The number of nitrogens with zero attached hydrogens (tertiary/aromatic N) is 4. The second-order valence-corrected chi connectivity index (χ2v) is 8.80. The number of aromatic nitrogens is 4. The number of rotatable bonds is 6. The van der Waals surface area contributed by atoms with Gasteiger partial charge in [0.2, 0.25) is 0 Å². The molecular formula is C25H23N5O2S. The van der Waals surface area contributed by atoms with Crippen LogP contribution in [-0.4, -0.2) is 33.6 Å². The Morgan fingerprint density at radius 2 is 1.88 bits per heavy atom. The summed E-state index contributed by atoms with van der Waals surface area (Å²) in [5.41, 5.74) is 6.38. The van der Waals surface area contributed by atoms with E-state index in [1.165, 1.54) is 0 Å². The van der Waals surface area contributed by atoms with Crippen molar-refractivity contribution < 1.29 is 9.47 Å². The Bertz CT molecular complexity index is 1460. The van der Waals surface area contributed by atoms with Gasteiger partial charge in [-0.1, -0.05) is 12.1 Å². The van der Waals surface area contributed by atoms with Crippen LogP contribution in [0.25, 0.3) is 27.3 Å². The summed E-state index contributed by atoms with van der Waals surface area (Å²) in [5.74, 6) is 1.57. The van der Waals surface area contributed by atoms with Crippen LogP contribution >= 0.6 is 11.3 Å². The Kier molecular flexibility index (Phi) is 5.43. The zero-order chi connectivity index (χ0) is 22.9. The van der Waals surface area contributed by atoms with Crippen LogP contribution < -0.4 is 14.8 Å². The lowest BCUT2D eigenvalue weighted by Crippen LogP contribution is -1.98. The van der Waals surface area contributed by atoms with Crippen LogP contribution in [0.5, 0.6) is 11.5 Å². The van der Waals surface area contributed by atoms with Gasteiger partial charge in [0.15, 0.2) is 5.65 Å². The predicted octanol–water partition coefficient (Wildman–Crippen LogP) is 5.90. The highest BCUT2D eigenvalue weighted by Crippen LogP contribution is 2.37. The SMILES string of the molecule is COc1cccc(-c2nc3c(Nc4ccc(-c5cnc(C)s5)c(OC)c4)cncn3c2C)c1. The highest BCUT2D eigenvalue weighted by atomic mass is 32.1. The lowest BCUT2D eigenvalue weighted by molar-refractivity contribution is 0.415. The molecule has 8 heteroatoms. The summed E-state index contributed by atoms with van der Waals surface area (Å²) in [6.45, 7) is 4.03. The van der Waals surface area contributed by atoms with Crippen molar-refractivity contribution in [3.8, 4) is 33.2 Å². The number of anilines is 2. The Balaban J connectivity index is 1.53. The third-order valence-corrected chi connectivity index (χ3v) is 6.43. The number of nitrogens with one attached hydrogen (secondary N) is 1. The third-order valence-electron chi connectivity index (χ3n) is 5.49. The number of imidazole rings is 1. The van der Waals surface area contributed by atoms with Crippen LogP contribution in [0.1, 0.15) is 10.7 Å². The lowest BCUT2D eigenvalue weighted by Gasteiger charge is -2.11. The maximum absolute atomic E-state index is 5.67. The minimum absolute atomic E-state index is 0.778. The first-order valence-electron chi connectivity index (χ1n) is 10.4. The third kappa shape index (κ3) is 3.89. The van der Waals surface area contributed by atoms with Crippen molar-refractivity contribution in [2.75, 3.05) is 19.5 Å². The second-order valence-electron chi connectivity index (χ2n) is 7.56. The Morgan fingerprint density at radius 1 is 1.00 bits per heavy atom. The van der Waals surface area contributed by atoms with Gasteiger partial charge >= 0.3 is 0 Å². The van der Waals surface area contributed by atoms with E-state index in [0.29, 0.717) is 0 Å². The second kappa shape index (κ2) is 8.55. The van der Waals surface area contributed by atoms with Crippen LogP contribution in [0.15, 0.2) is 61.2 Å². The highest BCUT2D eigenvalue weighted by Gasteiger charge is 2.15. The zero-order valence-corrected chi connectivity index (χ0v) is 19.6. The molecule has 1 N–H and O–H groups in total. The lowest BCUT2D eigenvalue weighted by atomic mass is 10.1. The van der Waals surface area contributed by atoms with E-state index < -0.39 is 0 Å². The molecule has 0 spiro atoms. The smallest absolute Gasteiger partial charge is 0.164 e. The molecule has 0 aliphatic heterocycles. The molecule has 0 aliphatic carbocycles. The van der Waals surface area contributed by atoms with E-state index in [9.17, 15) is 0 Å². The molecule has 0 radical (unpaired) electrons. The van der Waals surface area contributed by atoms with E-state index >= 15 is 0 Å². The van der Waals surface area contributed by atoms with Crippen LogP contribution in [0.2, 0.25) is 0 Å². The fourth-order valence-electron chi connectivity index (χ4n) is 3.82. The van der Waals surface area contributed by atoms with Gasteiger partial charge in [0, 0.05) is 34.8 Å². The van der Waals surface area contributed by atoms with Gasteiger partial charge in [-0.3, -0.25) is 4.40 Å². The van der Waals surface area contributed by atoms with Gasteiger partial charge in [0.25, 0.3) is 0 Å². The molecular weight excluding hydrogens is 434 g/mol. The monoisotopic (exact) mass is 457 g/mol. The molecule has 5 aromatic rings. The molecule has 33 heavy (non-hydrogen) atoms. The van der Waals surface area contributed by atoms with Crippen molar-refractivity contribution in [3.63, 3.8) is 0 Å². The summed E-state index contributed by atoms with van der Waals surface area (Å²) in [5, 5.41) is 4.48. The molecule has 166 valence electrons. The maximum Gasteiger partial charge on any atom is 0.164 e. The molecule has 0 saturated heterocycles. The summed E-state index contributed by atoms with van der Waals surface area (Å²) in [6, 6.07) is 14.0. The van der Waals surface area contributed by atoms with Crippen molar-refractivity contribution in [1.82, 2.24) is 19.4 Å². The summed E-state index contributed by atoms with van der Waals surface area (Å²) < 4.78 is 13.0. The number of benzene rings is 2. The van der Waals surface area contributed by atoms with Crippen molar-refractivity contribution in [2.24, 2.45) is 0 Å². The van der Waals surface area contributed by atoms with Gasteiger partial charge in [-0.2, -0.15) is 0 Å². The minimum atomic E-state index is 0.778.